The molecule has 6 heteroatoms. The molecule has 3 aromatic rings. The summed E-state index contributed by atoms with van der Waals surface area (Å²) >= 11 is 1.50. The summed E-state index contributed by atoms with van der Waals surface area (Å²) in [4.78, 5) is 15.2. The van der Waals surface area contributed by atoms with Crippen LogP contribution in [0.4, 0.5) is 5.00 Å². The molecule has 0 aliphatic carbocycles. The van der Waals surface area contributed by atoms with Crippen molar-refractivity contribution in [2.75, 3.05) is 11.9 Å². The fourth-order valence-electron chi connectivity index (χ4n) is 3.65. The van der Waals surface area contributed by atoms with Crippen molar-refractivity contribution in [3.05, 3.63) is 87.3 Å². The number of thiophene rings is 1. The first kappa shape index (κ1) is 18.9. The first-order chi connectivity index (χ1) is 14.2. The molecule has 2 heterocycles. The number of carbonyl (C=O) groups is 1. The number of hydrogen-bond donors (Lipinski definition) is 2. The third-order valence-corrected chi connectivity index (χ3v) is 6.29. The van der Waals surface area contributed by atoms with Gasteiger partial charge in [0.25, 0.3) is 5.91 Å². The van der Waals surface area contributed by atoms with E-state index >= 15 is 0 Å². The number of nitriles is 2. The molecular weight excluding hydrogens is 380 g/mol. The molecule has 1 unspecified atom stereocenters. The number of carbonyl (C=O) groups excluding carboxylic acids is 1. The normalized spacial score (nSPS) is 15.0. The van der Waals surface area contributed by atoms with Gasteiger partial charge in [-0.3, -0.25) is 4.79 Å². The fourth-order valence-corrected chi connectivity index (χ4v) is 4.91. The highest BCUT2D eigenvalue weighted by atomic mass is 32.1. The van der Waals surface area contributed by atoms with Crippen molar-refractivity contribution < 1.29 is 9.69 Å². The minimum atomic E-state index is -0.266. The molecule has 1 atom stereocenters. The molecule has 2 aromatic carbocycles. The third-order valence-electron chi connectivity index (χ3n) is 5.14. The van der Waals surface area contributed by atoms with E-state index in [1.54, 1.807) is 24.3 Å². The molecule has 142 valence electrons. The van der Waals surface area contributed by atoms with Crippen molar-refractivity contribution in [2.24, 2.45) is 0 Å². The highest BCUT2D eigenvalue weighted by Crippen LogP contribution is 2.34. The number of benzene rings is 2. The van der Waals surface area contributed by atoms with Crippen LogP contribution < -0.4 is 10.2 Å². The van der Waals surface area contributed by atoms with E-state index in [-0.39, 0.29) is 5.91 Å². The maximum Gasteiger partial charge on any atom is 0.256 e. The topological polar surface area (TPSA) is 81.1 Å². The van der Waals surface area contributed by atoms with Gasteiger partial charge in [0.05, 0.1) is 28.6 Å². The second-order valence-corrected chi connectivity index (χ2v) is 8.16. The predicted molar refractivity (Wildman–Crippen MR) is 112 cm³/mol. The summed E-state index contributed by atoms with van der Waals surface area (Å²) in [6, 6.07) is 21.2. The average Bonchev–Trinajstić information content (AvgIpc) is 3.10. The van der Waals surface area contributed by atoms with Crippen LogP contribution in [0.1, 0.15) is 37.5 Å². The van der Waals surface area contributed by atoms with E-state index in [1.807, 2.05) is 12.1 Å². The van der Waals surface area contributed by atoms with Gasteiger partial charge in [-0.25, -0.2) is 0 Å². The van der Waals surface area contributed by atoms with Crippen molar-refractivity contribution in [3.63, 3.8) is 0 Å². The van der Waals surface area contributed by atoms with Gasteiger partial charge in [0, 0.05) is 17.5 Å². The van der Waals surface area contributed by atoms with Crippen LogP contribution in [-0.2, 0) is 19.5 Å². The first-order valence-electron chi connectivity index (χ1n) is 9.41. The summed E-state index contributed by atoms with van der Waals surface area (Å²) in [7, 11) is 0. The van der Waals surface area contributed by atoms with Crippen LogP contribution >= 0.6 is 11.3 Å². The van der Waals surface area contributed by atoms with Crippen LogP contribution in [0.3, 0.4) is 0 Å². The summed E-state index contributed by atoms with van der Waals surface area (Å²) in [6.45, 7) is 2.78. The first-order valence-corrected chi connectivity index (χ1v) is 10.2. The number of nitrogens with zero attached hydrogens (tertiary/aromatic N) is 2. The molecule has 29 heavy (non-hydrogen) atoms. The number of fused-ring (bicyclic) bond motifs is 1. The van der Waals surface area contributed by atoms with Crippen molar-refractivity contribution >= 4 is 22.2 Å². The fraction of sp³-hybridized carbons (Fsp3) is 0.174. The van der Waals surface area contributed by atoms with Crippen LogP contribution in [0.25, 0.3) is 0 Å². The summed E-state index contributed by atoms with van der Waals surface area (Å²) in [6.07, 6.45) is 0.837. The molecule has 0 fully saturated rings. The van der Waals surface area contributed by atoms with Crippen molar-refractivity contribution in [3.8, 4) is 12.1 Å². The number of nitrogens with one attached hydrogen (secondary N) is 2. The van der Waals surface area contributed by atoms with Gasteiger partial charge in [-0.05, 0) is 29.8 Å². The predicted octanol–water partition coefficient (Wildman–Crippen LogP) is 2.88. The number of rotatable bonds is 4. The lowest BCUT2D eigenvalue weighted by molar-refractivity contribution is -0.929. The molecule has 1 aliphatic rings. The molecule has 5 nitrogen and oxygen atoms in total. The van der Waals surface area contributed by atoms with Gasteiger partial charge in [-0.2, -0.15) is 10.5 Å². The lowest BCUT2D eigenvalue weighted by atomic mass is 10.0. The quantitative estimate of drug-likeness (QED) is 0.708. The molecule has 2 N–H and O–H groups in total. The van der Waals surface area contributed by atoms with Crippen LogP contribution in [-0.4, -0.2) is 12.5 Å². The minimum absolute atomic E-state index is 0.266. The summed E-state index contributed by atoms with van der Waals surface area (Å²) in [5.74, 6) is -0.266. The molecule has 0 saturated heterocycles. The number of quaternary nitrogens is 1. The number of amides is 1. The van der Waals surface area contributed by atoms with Gasteiger partial charge < -0.3 is 10.2 Å². The second-order valence-electron chi connectivity index (χ2n) is 7.05. The summed E-state index contributed by atoms with van der Waals surface area (Å²) < 4.78 is 0. The van der Waals surface area contributed by atoms with E-state index in [2.05, 4.69) is 35.7 Å². The monoisotopic (exact) mass is 399 g/mol. The lowest BCUT2D eigenvalue weighted by Crippen LogP contribution is -3.10. The van der Waals surface area contributed by atoms with Gasteiger partial charge in [0.15, 0.2) is 0 Å². The second kappa shape index (κ2) is 8.28. The summed E-state index contributed by atoms with van der Waals surface area (Å²) in [5, 5.41) is 22.1. The van der Waals surface area contributed by atoms with Crippen molar-refractivity contribution in [1.29, 1.82) is 10.5 Å². The van der Waals surface area contributed by atoms with Gasteiger partial charge in [0.2, 0.25) is 0 Å². The molecular formula is C23H19N4OS+. The van der Waals surface area contributed by atoms with Crippen LogP contribution in [0.5, 0.6) is 0 Å². The standard InChI is InChI=1S/C23H18N4OS/c24-12-16-6-8-18(9-7-16)22(28)26-23-20(13-25)19-10-11-27(15-21(19)29-23)14-17-4-2-1-3-5-17/h1-9H,10-11,14-15H2,(H,26,28)/p+1. The third kappa shape index (κ3) is 4.05. The Morgan fingerprint density at radius 1 is 1.07 bits per heavy atom. The van der Waals surface area contributed by atoms with E-state index < -0.39 is 0 Å². The Morgan fingerprint density at radius 2 is 1.83 bits per heavy atom. The van der Waals surface area contributed by atoms with Crippen LogP contribution in [0.2, 0.25) is 0 Å². The van der Waals surface area contributed by atoms with Crippen molar-refractivity contribution in [2.45, 2.75) is 19.5 Å². The van der Waals surface area contributed by atoms with Crippen LogP contribution in [0, 0.1) is 22.7 Å². The number of anilines is 1. The Bertz CT molecular complexity index is 1120. The average molecular weight is 399 g/mol. The Hall–Kier alpha value is -3.45. The van der Waals surface area contributed by atoms with Crippen LogP contribution in [0.15, 0.2) is 54.6 Å². The molecule has 1 amide bonds. The highest BCUT2D eigenvalue weighted by Gasteiger charge is 2.27. The van der Waals surface area contributed by atoms with E-state index in [4.69, 9.17) is 5.26 Å². The van der Waals surface area contributed by atoms with Crippen molar-refractivity contribution in [1.82, 2.24) is 0 Å². The molecule has 0 radical (unpaired) electrons. The largest absolute Gasteiger partial charge is 0.326 e. The van der Waals surface area contributed by atoms with E-state index in [9.17, 15) is 10.1 Å². The smallest absolute Gasteiger partial charge is 0.256 e. The Morgan fingerprint density at radius 3 is 2.52 bits per heavy atom. The Kier molecular flexibility index (Phi) is 5.39. The summed E-state index contributed by atoms with van der Waals surface area (Å²) in [5.41, 5.74) is 3.94. The molecule has 4 rings (SSSR count). The van der Waals surface area contributed by atoms with E-state index in [0.717, 1.165) is 31.6 Å². The maximum absolute atomic E-state index is 12.6. The molecule has 0 saturated carbocycles. The van der Waals surface area contributed by atoms with Gasteiger partial charge in [0.1, 0.15) is 24.2 Å². The number of hydrogen-bond acceptors (Lipinski definition) is 4. The zero-order valence-corrected chi connectivity index (χ0v) is 16.6. The Labute approximate surface area is 173 Å². The maximum atomic E-state index is 12.6. The van der Waals surface area contributed by atoms with Gasteiger partial charge in [-0.15, -0.1) is 11.3 Å². The Balaban J connectivity index is 1.52. The molecule has 0 bridgehead atoms. The van der Waals surface area contributed by atoms with E-state index in [1.165, 1.54) is 26.7 Å². The lowest BCUT2D eigenvalue weighted by Gasteiger charge is -2.23. The molecule has 1 aliphatic heterocycles. The van der Waals surface area contributed by atoms with Gasteiger partial charge >= 0.3 is 0 Å². The zero-order valence-electron chi connectivity index (χ0n) is 15.7. The van der Waals surface area contributed by atoms with E-state index in [0.29, 0.717) is 21.7 Å². The molecule has 0 spiro atoms. The highest BCUT2D eigenvalue weighted by molar-refractivity contribution is 7.16. The zero-order chi connectivity index (χ0) is 20.2. The molecule has 1 aromatic heterocycles. The van der Waals surface area contributed by atoms with Gasteiger partial charge in [-0.1, -0.05) is 30.3 Å². The SMILES string of the molecule is N#Cc1ccc(C(=O)Nc2sc3c(c2C#N)CC[NH+](Cc2ccccc2)C3)cc1. The minimum Gasteiger partial charge on any atom is -0.326 e.